The third-order valence-electron chi connectivity index (χ3n) is 4.15. The van der Waals surface area contributed by atoms with Gasteiger partial charge in [-0.25, -0.2) is 19.6 Å². The van der Waals surface area contributed by atoms with Crippen molar-refractivity contribution in [2.75, 3.05) is 0 Å². The van der Waals surface area contributed by atoms with Gasteiger partial charge in [-0.2, -0.15) is 0 Å². The lowest BCUT2D eigenvalue weighted by Crippen LogP contribution is -2.25. The van der Waals surface area contributed by atoms with Crippen LogP contribution in [0, 0.1) is 0 Å². The van der Waals surface area contributed by atoms with E-state index in [0.29, 0.717) is 11.1 Å². The van der Waals surface area contributed by atoms with E-state index in [1.165, 1.54) is 27.6 Å². The van der Waals surface area contributed by atoms with Crippen molar-refractivity contribution in [2.45, 2.75) is 6.54 Å². The van der Waals surface area contributed by atoms with Crippen LogP contribution >= 0.6 is 0 Å². The molecule has 4 aromatic rings. The third kappa shape index (κ3) is 2.82. The van der Waals surface area contributed by atoms with Crippen LogP contribution in [-0.2, 0) is 13.6 Å². The molecule has 0 radical (unpaired) electrons. The highest BCUT2D eigenvalue weighted by atomic mass is 16.4. The van der Waals surface area contributed by atoms with E-state index in [1.54, 1.807) is 25.2 Å². The number of aromatic carboxylic acids is 1. The summed E-state index contributed by atoms with van der Waals surface area (Å²) < 4.78 is 7.72. The number of oxazole rings is 1. The Hall–Kier alpha value is -3.95. The highest BCUT2D eigenvalue weighted by Gasteiger charge is 2.16. The number of nitrogens with zero attached hydrogens (tertiary/aromatic N) is 4. The Morgan fingerprint density at radius 1 is 1.30 bits per heavy atom. The van der Waals surface area contributed by atoms with Crippen LogP contribution in [0.3, 0.4) is 0 Å². The van der Waals surface area contributed by atoms with Crippen molar-refractivity contribution in [1.82, 2.24) is 24.3 Å². The second-order valence-corrected chi connectivity index (χ2v) is 5.87. The number of carboxylic acids is 1. The van der Waals surface area contributed by atoms with E-state index in [4.69, 9.17) is 4.42 Å². The van der Waals surface area contributed by atoms with Gasteiger partial charge in [0.05, 0.1) is 11.7 Å². The zero-order valence-electron chi connectivity index (χ0n) is 14.0. The molecule has 0 fully saturated rings. The molecule has 2 N–H and O–H groups in total. The SMILES string of the molecule is Cn1c(=O)oc2ccc(CNC(=O)c3cc(C(=O)O)n4cncc4n3)cc21. The number of hydrogen-bond donors (Lipinski definition) is 2. The van der Waals surface area contributed by atoms with Gasteiger partial charge in [0.25, 0.3) is 5.91 Å². The molecule has 0 atom stereocenters. The molecule has 0 unspecified atom stereocenters. The summed E-state index contributed by atoms with van der Waals surface area (Å²) >= 11 is 0. The number of rotatable bonds is 4. The van der Waals surface area contributed by atoms with E-state index in [2.05, 4.69) is 15.3 Å². The molecule has 10 nitrogen and oxygen atoms in total. The maximum atomic E-state index is 12.4. The van der Waals surface area contributed by atoms with Gasteiger partial charge in [0, 0.05) is 19.7 Å². The first-order valence-electron chi connectivity index (χ1n) is 7.87. The molecule has 0 saturated heterocycles. The van der Waals surface area contributed by atoms with Crippen LogP contribution in [0.4, 0.5) is 0 Å². The Kier molecular flexibility index (Phi) is 3.73. The van der Waals surface area contributed by atoms with Crippen molar-refractivity contribution in [3.63, 3.8) is 0 Å². The minimum absolute atomic E-state index is 0.0304. The van der Waals surface area contributed by atoms with Crippen molar-refractivity contribution in [3.8, 4) is 0 Å². The number of benzene rings is 1. The largest absolute Gasteiger partial charge is 0.477 e. The number of hydrogen-bond acceptors (Lipinski definition) is 6. The predicted molar refractivity (Wildman–Crippen MR) is 92.6 cm³/mol. The molecule has 0 spiro atoms. The lowest BCUT2D eigenvalue weighted by atomic mass is 10.2. The highest BCUT2D eigenvalue weighted by molar-refractivity contribution is 5.96. The molecule has 4 rings (SSSR count). The van der Waals surface area contributed by atoms with E-state index < -0.39 is 17.6 Å². The molecule has 0 aliphatic carbocycles. The minimum Gasteiger partial charge on any atom is -0.477 e. The third-order valence-corrected chi connectivity index (χ3v) is 4.15. The number of carboxylic acid groups (broad SMARTS) is 1. The lowest BCUT2D eigenvalue weighted by molar-refractivity contribution is 0.0688. The van der Waals surface area contributed by atoms with Gasteiger partial charge in [0.2, 0.25) is 0 Å². The molecule has 0 aliphatic heterocycles. The number of imidazole rings is 1. The summed E-state index contributed by atoms with van der Waals surface area (Å²) in [6, 6.07) is 6.30. The maximum Gasteiger partial charge on any atom is 0.419 e. The van der Waals surface area contributed by atoms with Crippen LogP contribution in [0.25, 0.3) is 16.7 Å². The van der Waals surface area contributed by atoms with Gasteiger partial charge in [-0.05, 0) is 17.7 Å². The molecule has 1 aromatic carbocycles. The molecular formula is C17H13N5O5. The van der Waals surface area contributed by atoms with Crippen LogP contribution in [-0.4, -0.2) is 35.9 Å². The van der Waals surface area contributed by atoms with Gasteiger partial charge in [-0.15, -0.1) is 0 Å². The summed E-state index contributed by atoms with van der Waals surface area (Å²) in [5.41, 5.74) is 1.93. The van der Waals surface area contributed by atoms with Crippen LogP contribution in [0.15, 0.2) is 46.0 Å². The standard InChI is InChI=1S/C17H13N5O5/c1-21-11-4-9(2-3-13(11)27-17(21)26)6-19-15(23)10-5-12(16(24)25)22-8-18-7-14(22)20-10/h2-5,7-8H,6H2,1H3,(H,19,23)(H,24,25). The number of aryl methyl sites for hydroxylation is 1. The lowest BCUT2D eigenvalue weighted by Gasteiger charge is -2.07. The molecule has 27 heavy (non-hydrogen) atoms. The number of nitrogens with one attached hydrogen (secondary N) is 1. The highest BCUT2D eigenvalue weighted by Crippen LogP contribution is 2.14. The van der Waals surface area contributed by atoms with Crippen molar-refractivity contribution in [2.24, 2.45) is 7.05 Å². The Morgan fingerprint density at radius 3 is 2.89 bits per heavy atom. The van der Waals surface area contributed by atoms with Crippen LogP contribution in [0.2, 0.25) is 0 Å². The molecule has 3 heterocycles. The summed E-state index contributed by atoms with van der Waals surface area (Å²) in [5.74, 6) is -2.19. The quantitative estimate of drug-likeness (QED) is 0.545. The molecule has 136 valence electrons. The Labute approximate surface area is 150 Å². The second-order valence-electron chi connectivity index (χ2n) is 5.87. The van der Waals surface area contributed by atoms with Crippen molar-refractivity contribution in [1.29, 1.82) is 0 Å². The molecule has 0 aliphatic rings. The average Bonchev–Trinajstić information content (AvgIpc) is 3.23. The van der Waals surface area contributed by atoms with Crippen LogP contribution in [0.1, 0.15) is 26.5 Å². The smallest absolute Gasteiger partial charge is 0.419 e. The maximum absolute atomic E-state index is 12.4. The van der Waals surface area contributed by atoms with Crippen molar-refractivity contribution >= 4 is 28.6 Å². The van der Waals surface area contributed by atoms with E-state index >= 15 is 0 Å². The van der Waals surface area contributed by atoms with E-state index in [-0.39, 0.29) is 23.6 Å². The first-order valence-corrected chi connectivity index (χ1v) is 7.87. The molecule has 10 heteroatoms. The number of aromatic nitrogens is 4. The van der Waals surface area contributed by atoms with Gasteiger partial charge in [0.15, 0.2) is 11.2 Å². The molecule has 0 bridgehead atoms. The number of carbonyl (C=O) groups excluding carboxylic acids is 1. The zero-order valence-corrected chi connectivity index (χ0v) is 14.0. The van der Waals surface area contributed by atoms with E-state index in [0.717, 1.165) is 5.56 Å². The zero-order chi connectivity index (χ0) is 19.1. The Bertz CT molecular complexity index is 1270. The van der Waals surface area contributed by atoms with Crippen LogP contribution in [0.5, 0.6) is 0 Å². The van der Waals surface area contributed by atoms with Crippen molar-refractivity contribution < 1.29 is 19.1 Å². The number of amides is 1. The Morgan fingerprint density at radius 2 is 2.11 bits per heavy atom. The molecule has 1 amide bonds. The van der Waals surface area contributed by atoms with Gasteiger partial charge in [-0.1, -0.05) is 6.07 Å². The Balaban J connectivity index is 1.59. The second kappa shape index (κ2) is 6.09. The molecule has 0 saturated carbocycles. The monoisotopic (exact) mass is 367 g/mol. The first-order chi connectivity index (χ1) is 12.9. The van der Waals surface area contributed by atoms with Gasteiger partial charge < -0.3 is 14.8 Å². The summed E-state index contributed by atoms with van der Waals surface area (Å²) in [5, 5.41) is 12.0. The normalized spacial score (nSPS) is 11.1. The fourth-order valence-electron chi connectivity index (χ4n) is 2.75. The van der Waals surface area contributed by atoms with Gasteiger partial charge in [0.1, 0.15) is 17.7 Å². The topological polar surface area (TPSA) is 132 Å². The van der Waals surface area contributed by atoms with Crippen LogP contribution < -0.4 is 11.1 Å². The summed E-state index contributed by atoms with van der Waals surface area (Å²) in [6.07, 6.45) is 2.69. The fourth-order valence-corrected chi connectivity index (χ4v) is 2.75. The summed E-state index contributed by atoms with van der Waals surface area (Å²) in [4.78, 5) is 43.3. The summed E-state index contributed by atoms with van der Waals surface area (Å²) in [7, 11) is 1.59. The van der Waals surface area contributed by atoms with Gasteiger partial charge in [-0.3, -0.25) is 13.8 Å². The fraction of sp³-hybridized carbons (Fsp3) is 0.118. The van der Waals surface area contributed by atoms with Crippen molar-refractivity contribution in [3.05, 3.63) is 64.3 Å². The number of fused-ring (bicyclic) bond motifs is 2. The van der Waals surface area contributed by atoms with E-state index in [1.807, 2.05) is 0 Å². The van der Waals surface area contributed by atoms with E-state index in [9.17, 15) is 19.5 Å². The predicted octanol–water partition coefficient (Wildman–Crippen LogP) is 0.802. The molecule has 3 aromatic heterocycles. The number of carbonyl (C=O) groups is 2. The first kappa shape index (κ1) is 16.5. The summed E-state index contributed by atoms with van der Waals surface area (Å²) in [6.45, 7) is 0.169. The average molecular weight is 367 g/mol. The minimum atomic E-state index is -1.19. The molecular weight excluding hydrogens is 354 g/mol. The van der Waals surface area contributed by atoms with Gasteiger partial charge >= 0.3 is 11.7 Å².